The summed E-state index contributed by atoms with van der Waals surface area (Å²) in [6, 6.07) is 0.632. The van der Waals surface area contributed by atoms with Crippen molar-refractivity contribution in [1.82, 2.24) is 9.88 Å². The van der Waals surface area contributed by atoms with Gasteiger partial charge in [-0.05, 0) is 33.2 Å². The van der Waals surface area contributed by atoms with E-state index in [2.05, 4.69) is 36.0 Å². The van der Waals surface area contributed by atoms with Crippen molar-refractivity contribution >= 4 is 11.3 Å². The van der Waals surface area contributed by atoms with Crippen LogP contribution in [0.4, 0.5) is 0 Å². The molecule has 0 unspecified atom stereocenters. The maximum atomic E-state index is 5.79. The molecule has 1 aromatic rings. The van der Waals surface area contributed by atoms with Crippen molar-refractivity contribution in [1.29, 1.82) is 0 Å². The van der Waals surface area contributed by atoms with Gasteiger partial charge in [-0.1, -0.05) is 6.92 Å². The standard InChI is InChI=1S/C13H22N2OS/c1-4-15(10-12-14-6-8-17-12)11-5-7-16-13(2,3)9-11/h6,8,11H,4-5,7,9-10H2,1-3H3/t11-/m1/s1. The van der Waals surface area contributed by atoms with E-state index in [1.165, 1.54) is 5.01 Å². The molecule has 0 aliphatic carbocycles. The topological polar surface area (TPSA) is 25.4 Å². The van der Waals surface area contributed by atoms with Gasteiger partial charge in [-0.25, -0.2) is 4.98 Å². The van der Waals surface area contributed by atoms with Crippen LogP contribution in [0.2, 0.25) is 0 Å². The van der Waals surface area contributed by atoms with Gasteiger partial charge in [-0.15, -0.1) is 11.3 Å². The highest BCUT2D eigenvalue weighted by Crippen LogP contribution is 2.28. The summed E-state index contributed by atoms with van der Waals surface area (Å²) in [4.78, 5) is 6.91. The van der Waals surface area contributed by atoms with Gasteiger partial charge in [-0.3, -0.25) is 4.90 Å². The summed E-state index contributed by atoms with van der Waals surface area (Å²) in [5, 5.41) is 3.27. The molecule has 1 aliphatic rings. The molecule has 0 N–H and O–H groups in total. The van der Waals surface area contributed by atoms with E-state index in [9.17, 15) is 0 Å². The molecule has 0 bridgehead atoms. The molecule has 1 fully saturated rings. The first-order valence-electron chi connectivity index (χ1n) is 6.37. The third-order valence-corrected chi connectivity index (χ3v) is 4.18. The molecule has 4 heteroatoms. The Kier molecular flexibility index (Phi) is 4.17. The van der Waals surface area contributed by atoms with Crippen LogP contribution in [0, 0.1) is 0 Å². The first kappa shape index (κ1) is 13.0. The predicted molar refractivity (Wildman–Crippen MR) is 71.3 cm³/mol. The minimum absolute atomic E-state index is 0.0270. The van der Waals surface area contributed by atoms with E-state index in [1.807, 2.05) is 6.20 Å². The fourth-order valence-electron chi connectivity index (χ4n) is 2.52. The minimum Gasteiger partial charge on any atom is -0.375 e. The quantitative estimate of drug-likeness (QED) is 0.826. The van der Waals surface area contributed by atoms with Crippen molar-refractivity contribution in [3.8, 4) is 0 Å². The Morgan fingerprint density at radius 1 is 1.59 bits per heavy atom. The number of aromatic nitrogens is 1. The zero-order valence-electron chi connectivity index (χ0n) is 11.0. The van der Waals surface area contributed by atoms with Crippen molar-refractivity contribution in [2.75, 3.05) is 13.2 Å². The number of nitrogens with zero attached hydrogens (tertiary/aromatic N) is 2. The number of ether oxygens (including phenoxy) is 1. The maximum Gasteiger partial charge on any atom is 0.107 e. The lowest BCUT2D eigenvalue weighted by Crippen LogP contribution is -2.45. The predicted octanol–water partition coefficient (Wildman–Crippen LogP) is 2.92. The number of hydrogen-bond donors (Lipinski definition) is 0. The van der Waals surface area contributed by atoms with Crippen molar-refractivity contribution < 1.29 is 4.74 Å². The van der Waals surface area contributed by atoms with E-state index < -0.39 is 0 Å². The van der Waals surface area contributed by atoms with Gasteiger partial charge >= 0.3 is 0 Å². The molecule has 0 saturated carbocycles. The van der Waals surface area contributed by atoms with Gasteiger partial charge in [0.05, 0.1) is 12.1 Å². The Morgan fingerprint density at radius 2 is 2.41 bits per heavy atom. The normalized spacial score (nSPS) is 24.1. The monoisotopic (exact) mass is 254 g/mol. The molecule has 2 rings (SSSR count). The van der Waals surface area contributed by atoms with Crippen LogP contribution in [0.5, 0.6) is 0 Å². The van der Waals surface area contributed by atoms with E-state index in [0.717, 1.165) is 32.5 Å². The van der Waals surface area contributed by atoms with Gasteiger partial charge in [0, 0.05) is 24.2 Å². The second kappa shape index (κ2) is 5.46. The Bertz CT molecular complexity index is 337. The van der Waals surface area contributed by atoms with Gasteiger partial charge in [0.25, 0.3) is 0 Å². The molecule has 0 spiro atoms. The zero-order chi connectivity index (χ0) is 12.3. The highest BCUT2D eigenvalue weighted by molar-refractivity contribution is 7.09. The maximum absolute atomic E-state index is 5.79. The summed E-state index contributed by atoms with van der Waals surface area (Å²) in [7, 11) is 0. The summed E-state index contributed by atoms with van der Waals surface area (Å²) in [5.74, 6) is 0. The summed E-state index contributed by atoms with van der Waals surface area (Å²) in [6.45, 7) is 9.56. The number of thiazole rings is 1. The van der Waals surface area contributed by atoms with Gasteiger partial charge in [0.2, 0.25) is 0 Å². The number of rotatable bonds is 4. The van der Waals surface area contributed by atoms with Crippen LogP contribution in [0.1, 0.15) is 38.6 Å². The molecule has 2 heterocycles. The van der Waals surface area contributed by atoms with Gasteiger partial charge in [0.15, 0.2) is 0 Å². The molecule has 1 saturated heterocycles. The van der Waals surface area contributed by atoms with Crippen molar-refractivity contribution in [3.63, 3.8) is 0 Å². The van der Waals surface area contributed by atoms with Crippen LogP contribution >= 0.6 is 11.3 Å². The lowest BCUT2D eigenvalue weighted by molar-refractivity contribution is -0.0838. The molecule has 0 radical (unpaired) electrons. The SMILES string of the molecule is CCN(Cc1nccs1)[C@@H]1CCOC(C)(C)C1. The van der Waals surface area contributed by atoms with Gasteiger partial charge in [-0.2, -0.15) is 0 Å². The van der Waals surface area contributed by atoms with Crippen LogP contribution in [-0.2, 0) is 11.3 Å². The molecule has 1 aliphatic heterocycles. The Hall–Kier alpha value is -0.450. The van der Waals surface area contributed by atoms with Gasteiger partial charge < -0.3 is 4.74 Å². The third kappa shape index (κ3) is 3.50. The lowest BCUT2D eigenvalue weighted by atomic mass is 9.93. The lowest BCUT2D eigenvalue weighted by Gasteiger charge is -2.40. The zero-order valence-corrected chi connectivity index (χ0v) is 11.8. The molecule has 0 aromatic carbocycles. The number of hydrogen-bond acceptors (Lipinski definition) is 4. The van der Waals surface area contributed by atoms with Gasteiger partial charge in [0.1, 0.15) is 5.01 Å². The molecule has 17 heavy (non-hydrogen) atoms. The van der Waals surface area contributed by atoms with Crippen LogP contribution in [-0.4, -0.2) is 34.7 Å². The second-order valence-electron chi connectivity index (χ2n) is 5.24. The Morgan fingerprint density at radius 3 is 3.00 bits per heavy atom. The largest absolute Gasteiger partial charge is 0.375 e. The van der Waals surface area contributed by atoms with Crippen molar-refractivity contribution in [2.24, 2.45) is 0 Å². The molecule has 1 aromatic heterocycles. The Labute approximate surface area is 108 Å². The summed E-state index contributed by atoms with van der Waals surface area (Å²) >= 11 is 1.75. The van der Waals surface area contributed by atoms with Crippen molar-refractivity contribution in [2.45, 2.75) is 51.8 Å². The van der Waals surface area contributed by atoms with E-state index >= 15 is 0 Å². The van der Waals surface area contributed by atoms with E-state index in [4.69, 9.17) is 4.74 Å². The fraction of sp³-hybridized carbons (Fsp3) is 0.769. The Balaban J connectivity index is 1.98. The van der Waals surface area contributed by atoms with Crippen LogP contribution in [0.15, 0.2) is 11.6 Å². The summed E-state index contributed by atoms with van der Waals surface area (Å²) in [6.07, 6.45) is 4.15. The highest BCUT2D eigenvalue weighted by atomic mass is 32.1. The summed E-state index contributed by atoms with van der Waals surface area (Å²) < 4.78 is 5.79. The van der Waals surface area contributed by atoms with E-state index in [-0.39, 0.29) is 5.60 Å². The first-order valence-corrected chi connectivity index (χ1v) is 7.25. The van der Waals surface area contributed by atoms with Crippen LogP contribution < -0.4 is 0 Å². The molecule has 1 atom stereocenters. The van der Waals surface area contributed by atoms with E-state index in [0.29, 0.717) is 6.04 Å². The molecule has 3 nitrogen and oxygen atoms in total. The highest BCUT2D eigenvalue weighted by Gasteiger charge is 2.31. The van der Waals surface area contributed by atoms with E-state index in [1.54, 1.807) is 11.3 Å². The molecular formula is C13H22N2OS. The molecule has 0 amide bonds. The van der Waals surface area contributed by atoms with Crippen LogP contribution in [0.25, 0.3) is 0 Å². The minimum atomic E-state index is 0.0270. The van der Waals surface area contributed by atoms with Crippen molar-refractivity contribution in [3.05, 3.63) is 16.6 Å². The van der Waals surface area contributed by atoms with Crippen LogP contribution in [0.3, 0.4) is 0 Å². The second-order valence-corrected chi connectivity index (χ2v) is 6.22. The third-order valence-electron chi connectivity index (χ3n) is 3.42. The average Bonchev–Trinajstić information content (AvgIpc) is 2.77. The molecular weight excluding hydrogens is 232 g/mol. The summed E-state index contributed by atoms with van der Waals surface area (Å²) in [5.41, 5.74) is 0.0270. The molecule has 96 valence electrons. The average molecular weight is 254 g/mol. The first-order chi connectivity index (χ1) is 8.11. The fourth-order valence-corrected chi connectivity index (χ4v) is 3.16. The smallest absolute Gasteiger partial charge is 0.107 e.